The number of hydrogen-bond donors (Lipinski definition) is 1. The van der Waals surface area contributed by atoms with Gasteiger partial charge in [-0.15, -0.1) is 0 Å². The number of nitrogens with one attached hydrogen (secondary N) is 1. The van der Waals surface area contributed by atoms with Crippen LogP contribution in [0.1, 0.15) is 46.1 Å². The molecule has 5 nitrogen and oxygen atoms in total. The minimum Gasteiger partial charge on any atom is -0.494 e. The summed E-state index contributed by atoms with van der Waals surface area (Å²) in [4.78, 5) is 27.4. The normalized spacial score (nSPS) is 12.2. The second-order valence-electron chi connectivity index (χ2n) is 8.40. The van der Waals surface area contributed by atoms with E-state index in [0.717, 1.165) is 5.75 Å². The third kappa shape index (κ3) is 8.08. The van der Waals surface area contributed by atoms with Crippen LogP contribution in [0.5, 0.6) is 5.75 Å². The summed E-state index contributed by atoms with van der Waals surface area (Å²) in [5.41, 5.74) is 0.209. The van der Waals surface area contributed by atoms with Crippen LogP contribution >= 0.6 is 23.2 Å². The third-order valence-corrected chi connectivity index (χ3v) is 5.31. The lowest BCUT2D eigenvalue weighted by molar-refractivity contribution is -0.141. The van der Waals surface area contributed by atoms with Gasteiger partial charge in [-0.1, -0.05) is 47.5 Å². The fourth-order valence-corrected chi connectivity index (χ4v) is 3.50. The zero-order valence-electron chi connectivity index (χ0n) is 18.5. The van der Waals surface area contributed by atoms with Crippen molar-refractivity contribution in [2.24, 2.45) is 0 Å². The number of para-hydroxylation sites is 1. The Balaban J connectivity index is 2.10. The first-order valence-corrected chi connectivity index (χ1v) is 11.1. The van der Waals surface area contributed by atoms with Crippen molar-refractivity contribution in [1.29, 1.82) is 0 Å². The maximum Gasteiger partial charge on any atom is 0.242 e. The van der Waals surface area contributed by atoms with Crippen LogP contribution in [0.3, 0.4) is 0 Å². The van der Waals surface area contributed by atoms with E-state index in [-0.39, 0.29) is 24.8 Å². The van der Waals surface area contributed by atoms with Crippen molar-refractivity contribution >= 4 is 35.0 Å². The molecule has 0 bridgehead atoms. The molecule has 1 N–H and O–H groups in total. The summed E-state index contributed by atoms with van der Waals surface area (Å²) in [6.07, 6.45) is 0.760. The van der Waals surface area contributed by atoms with Gasteiger partial charge in [0.2, 0.25) is 11.8 Å². The molecule has 0 saturated heterocycles. The van der Waals surface area contributed by atoms with Gasteiger partial charge in [-0.3, -0.25) is 9.59 Å². The average Bonchev–Trinajstić information content (AvgIpc) is 2.70. The van der Waals surface area contributed by atoms with E-state index in [0.29, 0.717) is 28.6 Å². The van der Waals surface area contributed by atoms with Gasteiger partial charge in [-0.2, -0.15) is 0 Å². The van der Waals surface area contributed by atoms with E-state index < -0.39 is 11.6 Å². The number of nitrogens with zero attached hydrogens (tertiary/aromatic N) is 1. The smallest absolute Gasteiger partial charge is 0.242 e. The quantitative estimate of drug-likeness (QED) is 0.499. The van der Waals surface area contributed by atoms with E-state index >= 15 is 0 Å². The third-order valence-electron chi connectivity index (χ3n) is 4.60. The van der Waals surface area contributed by atoms with Crippen LogP contribution in [-0.2, 0) is 16.1 Å². The first-order chi connectivity index (χ1) is 14.6. The molecule has 0 heterocycles. The van der Waals surface area contributed by atoms with Gasteiger partial charge in [-0.25, -0.2) is 0 Å². The van der Waals surface area contributed by atoms with Crippen LogP contribution in [0.4, 0.5) is 0 Å². The van der Waals surface area contributed by atoms with Crippen molar-refractivity contribution in [3.8, 4) is 5.75 Å². The van der Waals surface area contributed by atoms with Crippen molar-refractivity contribution in [2.75, 3.05) is 6.61 Å². The molecule has 0 saturated carbocycles. The Morgan fingerprint density at radius 3 is 2.23 bits per heavy atom. The Kier molecular flexibility index (Phi) is 9.20. The van der Waals surface area contributed by atoms with Crippen LogP contribution in [0, 0.1) is 0 Å². The molecule has 0 aliphatic carbocycles. The molecule has 2 aromatic carbocycles. The highest BCUT2D eigenvalue weighted by Gasteiger charge is 2.29. The molecule has 31 heavy (non-hydrogen) atoms. The number of rotatable bonds is 9. The van der Waals surface area contributed by atoms with E-state index in [1.807, 2.05) is 51.1 Å². The van der Waals surface area contributed by atoms with Crippen molar-refractivity contribution < 1.29 is 14.3 Å². The second kappa shape index (κ2) is 11.4. The monoisotopic (exact) mass is 464 g/mol. The van der Waals surface area contributed by atoms with Gasteiger partial charge in [0.15, 0.2) is 0 Å². The molecule has 7 heteroatoms. The van der Waals surface area contributed by atoms with Gasteiger partial charge < -0.3 is 15.0 Å². The topological polar surface area (TPSA) is 58.6 Å². The SMILES string of the molecule is CC(C(=O)NC(C)(C)C)N(Cc1c(Cl)cccc1Cl)C(=O)CCCOc1ccccc1. The molecular weight excluding hydrogens is 435 g/mol. The van der Waals surface area contributed by atoms with E-state index in [1.54, 1.807) is 25.1 Å². The molecule has 0 radical (unpaired) electrons. The molecular formula is C24H30Cl2N2O3. The lowest BCUT2D eigenvalue weighted by Gasteiger charge is -2.32. The molecule has 168 valence electrons. The van der Waals surface area contributed by atoms with Crippen LogP contribution in [0.15, 0.2) is 48.5 Å². The predicted molar refractivity (Wildman–Crippen MR) is 126 cm³/mol. The van der Waals surface area contributed by atoms with Gasteiger partial charge in [0.05, 0.1) is 6.61 Å². The zero-order chi connectivity index (χ0) is 23.0. The number of benzene rings is 2. The summed E-state index contributed by atoms with van der Waals surface area (Å²) in [6.45, 7) is 7.96. The molecule has 2 amide bonds. The second-order valence-corrected chi connectivity index (χ2v) is 9.22. The molecule has 2 rings (SSSR count). The summed E-state index contributed by atoms with van der Waals surface area (Å²) in [6, 6.07) is 13.9. The van der Waals surface area contributed by atoms with Gasteiger partial charge in [0, 0.05) is 34.1 Å². The number of hydrogen-bond acceptors (Lipinski definition) is 3. The summed E-state index contributed by atoms with van der Waals surface area (Å²) in [7, 11) is 0. The number of carbonyl (C=O) groups excluding carboxylic acids is 2. The Labute approximate surface area is 194 Å². The Morgan fingerprint density at radius 2 is 1.65 bits per heavy atom. The van der Waals surface area contributed by atoms with E-state index in [4.69, 9.17) is 27.9 Å². The summed E-state index contributed by atoms with van der Waals surface area (Å²) in [5, 5.41) is 3.85. The lowest BCUT2D eigenvalue weighted by Crippen LogP contribution is -2.52. The maximum absolute atomic E-state index is 13.1. The highest BCUT2D eigenvalue weighted by atomic mass is 35.5. The van der Waals surface area contributed by atoms with Crippen LogP contribution < -0.4 is 10.1 Å². The van der Waals surface area contributed by atoms with Crippen molar-refractivity contribution in [2.45, 2.75) is 58.7 Å². The largest absolute Gasteiger partial charge is 0.494 e. The summed E-state index contributed by atoms with van der Waals surface area (Å²) < 4.78 is 5.67. The fourth-order valence-electron chi connectivity index (χ4n) is 2.98. The fraction of sp³-hybridized carbons (Fsp3) is 0.417. The maximum atomic E-state index is 13.1. The highest BCUT2D eigenvalue weighted by Crippen LogP contribution is 2.27. The predicted octanol–water partition coefficient (Wildman–Crippen LogP) is 5.48. The Morgan fingerprint density at radius 1 is 1.03 bits per heavy atom. The van der Waals surface area contributed by atoms with Crippen molar-refractivity contribution in [1.82, 2.24) is 10.2 Å². The van der Waals surface area contributed by atoms with E-state index in [1.165, 1.54) is 4.90 Å². The minimum atomic E-state index is -0.686. The standard InChI is InChI=1S/C24H30Cl2N2O3/c1-17(23(30)27-24(2,3)4)28(16-19-20(25)12-8-13-21(19)26)22(29)14-9-15-31-18-10-6-5-7-11-18/h5-8,10-13,17H,9,14-16H2,1-4H3,(H,27,30). The lowest BCUT2D eigenvalue weighted by atomic mass is 10.1. The van der Waals surface area contributed by atoms with Crippen LogP contribution in [0.25, 0.3) is 0 Å². The summed E-state index contributed by atoms with van der Waals surface area (Å²) in [5.74, 6) is 0.362. The molecule has 1 unspecified atom stereocenters. The number of carbonyl (C=O) groups is 2. The van der Waals surface area contributed by atoms with Gasteiger partial charge in [0.1, 0.15) is 11.8 Å². The van der Waals surface area contributed by atoms with Gasteiger partial charge >= 0.3 is 0 Å². The van der Waals surface area contributed by atoms with Crippen LogP contribution in [-0.4, -0.2) is 34.9 Å². The molecule has 2 aromatic rings. The van der Waals surface area contributed by atoms with Crippen LogP contribution in [0.2, 0.25) is 10.0 Å². The highest BCUT2D eigenvalue weighted by molar-refractivity contribution is 6.36. The molecule has 1 atom stereocenters. The molecule has 0 spiro atoms. The molecule has 0 fully saturated rings. The van der Waals surface area contributed by atoms with Crippen molar-refractivity contribution in [3.05, 3.63) is 64.1 Å². The molecule has 0 aromatic heterocycles. The molecule has 0 aliphatic rings. The molecule has 0 aliphatic heterocycles. The summed E-state index contributed by atoms with van der Waals surface area (Å²) >= 11 is 12.6. The zero-order valence-corrected chi connectivity index (χ0v) is 20.0. The Hall–Kier alpha value is -2.24. The van der Waals surface area contributed by atoms with Crippen molar-refractivity contribution in [3.63, 3.8) is 0 Å². The first kappa shape index (κ1) is 25.0. The minimum absolute atomic E-state index is 0.148. The number of amides is 2. The number of ether oxygens (including phenoxy) is 1. The van der Waals surface area contributed by atoms with E-state index in [9.17, 15) is 9.59 Å². The number of halogens is 2. The Bertz CT molecular complexity index is 862. The van der Waals surface area contributed by atoms with E-state index in [2.05, 4.69) is 5.32 Å². The average molecular weight is 465 g/mol. The van der Waals surface area contributed by atoms with Gasteiger partial charge in [-0.05, 0) is 58.4 Å². The van der Waals surface area contributed by atoms with Gasteiger partial charge in [0.25, 0.3) is 0 Å². The first-order valence-electron chi connectivity index (χ1n) is 10.3.